The van der Waals surface area contributed by atoms with E-state index in [4.69, 9.17) is 0 Å². The lowest BCUT2D eigenvalue weighted by Crippen LogP contribution is -2.45. The number of halogens is 3. The van der Waals surface area contributed by atoms with Gasteiger partial charge in [-0.05, 0) is 25.0 Å². The molecule has 2 rings (SSSR count). The van der Waals surface area contributed by atoms with Crippen molar-refractivity contribution in [1.82, 2.24) is 9.88 Å². The van der Waals surface area contributed by atoms with Crippen molar-refractivity contribution < 1.29 is 18.0 Å². The van der Waals surface area contributed by atoms with E-state index in [0.29, 0.717) is 18.8 Å². The van der Waals surface area contributed by atoms with Crippen LogP contribution in [-0.4, -0.2) is 42.0 Å². The van der Waals surface area contributed by atoms with Crippen LogP contribution in [0.2, 0.25) is 0 Å². The number of piperidine rings is 1. The molecule has 1 fully saturated rings. The average molecular weight is 301 g/mol. The maximum absolute atomic E-state index is 12.7. The maximum atomic E-state index is 12.7. The van der Waals surface area contributed by atoms with Crippen LogP contribution in [0.15, 0.2) is 18.3 Å². The Labute approximate surface area is 121 Å². The van der Waals surface area contributed by atoms with Gasteiger partial charge in [0.15, 0.2) is 0 Å². The summed E-state index contributed by atoms with van der Waals surface area (Å²) in [6.07, 6.45) is -1.74. The largest absolute Gasteiger partial charge is 0.433 e. The highest BCUT2D eigenvalue weighted by molar-refractivity contribution is 5.73. The summed E-state index contributed by atoms with van der Waals surface area (Å²) in [5.41, 5.74) is -0.343. The monoisotopic (exact) mass is 301 g/mol. The van der Waals surface area contributed by atoms with E-state index in [0.717, 1.165) is 18.9 Å². The van der Waals surface area contributed by atoms with Crippen molar-refractivity contribution in [3.63, 3.8) is 0 Å². The number of pyridine rings is 1. The van der Waals surface area contributed by atoms with Crippen molar-refractivity contribution >= 4 is 11.6 Å². The fourth-order valence-corrected chi connectivity index (χ4v) is 2.54. The van der Waals surface area contributed by atoms with Crippen LogP contribution in [0.1, 0.15) is 25.5 Å². The van der Waals surface area contributed by atoms with Crippen molar-refractivity contribution in [3.8, 4) is 0 Å². The minimum Gasteiger partial charge on any atom is -0.371 e. The molecule has 7 heteroatoms. The van der Waals surface area contributed by atoms with Gasteiger partial charge in [0.25, 0.3) is 0 Å². The highest BCUT2D eigenvalue weighted by Crippen LogP contribution is 2.30. The lowest BCUT2D eigenvalue weighted by Gasteiger charge is -2.37. The maximum Gasteiger partial charge on any atom is 0.433 e. The Bertz CT molecular complexity index is 510. The van der Waals surface area contributed by atoms with Crippen LogP contribution >= 0.6 is 0 Å². The zero-order valence-electron chi connectivity index (χ0n) is 12.0. The Morgan fingerprint density at radius 2 is 2.00 bits per heavy atom. The highest BCUT2D eigenvalue weighted by atomic mass is 19.4. The van der Waals surface area contributed by atoms with E-state index in [2.05, 4.69) is 4.98 Å². The number of carbonyl (C=O) groups is 1. The molecule has 0 bridgehead atoms. The molecule has 1 saturated heterocycles. The van der Waals surface area contributed by atoms with Crippen molar-refractivity contribution in [3.05, 3.63) is 24.0 Å². The van der Waals surface area contributed by atoms with Crippen molar-refractivity contribution in [2.45, 2.75) is 32.0 Å². The van der Waals surface area contributed by atoms with Gasteiger partial charge in [0.2, 0.25) is 5.91 Å². The lowest BCUT2D eigenvalue weighted by molar-refractivity contribution is -0.141. The second-order valence-corrected chi connectivity index (χ2v) is 5.25. The van der Waals surface area contributed by atoms with Gasteiger partial charge in [-0.3, -0.25) is 9.78 Å². The molecule has 0 radical (unpaired) electrons. The van der Waals surface area contributed by atoms with Gasteiger partial charge in [-0.25, -0.2) is 0 Å². The van der Waals surface area contributed by atoms with Crippen LogP contribution in [-0.2, 0) is 11.0 Å². The molecule has 2 heterocycles. The van der Waals surface area contributed by atoms with Crippen molar-refractivity contribution in [2.75, 3.05) is 25.0 Å². The second kappa shape index (κ2) is 5.91. The van der Waals surface area contributed by atoms with Gasteiger partial charge in [-0.15, -0.1) is 0 Å². The zero-order chi connectivity index (χ0) is 15.6. The third-order valence-electron chi connectivity index (χ3n) is 3.91. The molecule has 0 atom stereocenters. The van der Waals surface area contributed by atoms with Gasteiger partial charge in [-0.1, -0.05) is 0 Å². The van der Waals surface area contributed by atoms with E-state index in [1.54, 1.807) is 18.0 Å². The first-order chi connectivity index (χ1) is 9.79. The SMILES string of the molecule is CC(=O)N(C)C1CCN(c2ccnc(C(F)(F)F)c2)CC1. The summed E-state index contributed by atoms with van der Waals surface area (Å²) in [5.74, 6) is 0.0109. The third-order valence-corrected chi connectivity index (χ3v) is 3.91. The van der Waals surface area contributed by atoms with E-state index in [9.17, 15) is 18.0 Å². The van der Waals surface area contributed by atoms with Crippen molar-refractivity contribution in [1.29, 1.82) is 0 Å². The molecule has 1 aliphatic heterocycles. The first kappa shape index (κ1) is 15.6. The molecule has 1 aliphatic rings. The lowest BCUT2D eigenvalue weighted by atomic mass is 10.0. The summed E-state index contributed by atoms with van der Waals surface area (Å²) in [6.45, 7) is 2.78. The molecule has 0 spiro atoms. The minimum atomic E-state index is -4.43. The summed E-state index contributed by atoms with van der Waals surface area (Å²) in [4.78, 5) is 18.3. The minimum absolute atomic E-state index is 0.0109. The average Bonchev–Trinajstić information content (AvgIpc) is 2.46. The van der Waals surface area contributed by atoms with Gasteiger partial charge in [0.1, 0.15) is 5.69 Å². The van der Waals surface area contributed by atoms with E-state index in [1.807, 2.05) is 4.90 Å². The summed E-state index contributed by atoms with van der Waals surface area (Å²) in [5, 5.41) is 0. The van der Waals surface area contributed by atoms with Gasteiger partial charge in [-0.2, -0.15) is 13.2 Å². The number of aromatic nitrogens is 1. The molecule has 0 saturated carbocycles. The summed E-state index contributed by atoms with van der Waals surface area (Å²) < 4.78 is 38.0. The summed E-state index contributed by atoms with van der Waals surface area (Å²) in [6, 6.07) is 2.82. The Hall–Kier alpha value is -1.79. The van der Waals surface area contributed by atoms with Crippen LogP contribution in [0.5, 0.6) is 0 Å². The summed E-state index contributed by atoms with van der Waals surface area (Å²) >= 11 is 0. The normalized spacial score (nSPS) is 16.9. The molecule has 0 aliphatic carbocycles. The number of alkyl halides is 3. The molecule has 1 amide bonds. The smallest absolute Gasteiger partial charge is 0.371 e. The molecule has 0 aromatic carbocycles. The van der Waals surface area contributed by atoms with Gasteiger partial charge in [0.05, 0.1) is 0 Å². The molecule has 0 unspecified atom stereocenters. The highest BCUT2D eigenvalue weighted by Gasteiger charge is 2.33. The predicted molar refractivity (Wildman–Crippen MR) is 72.9 cm³/mol. The van der Waals surface area contributed by atoms with E-state index in [1.165, 1.54) is 13.1 Å². The van der Waals surface area contributed by atoms with Gasteiger partial charge >= 0.3 is 6.18 Å². The molecular formula is C14H18F3N3O. The predicted octanol–water partition coefficient (Wildman–Crippen LogP) is 2.55. The Balaban J connectivity index is 2.04. The van der Waals surface area contributed by atoms with E-state index < -0.39 is 11.9 Å². The van der Waals surface area contributed by atoms with Crippen LogP contribution in [0.4, 0.5) is 18.9 Å². The molecule has 0 N–H and O–H groups in total. The quantitative estimate of drug-likeness (QED) is 0.842. The summed E-state index contributed by atoms with van der Waals surface area (Å²) in [7, 11) is 1.76. The van der Waals surface area contributed by atoms with Crippen LogP contribution in [0.3, 0.4) is 0 Å². The van der Waals surface area contributed by atoms with E-state index in [-0.39, 0.29) is 11.9 Å². The number of hydrogen-bond donors (Lipinski definition) is 0. The molecule has 21 heavy (non-hydrogen) atoms. The molecule has 116 valence electrons. The van der Waals surface area contributed by atoms with Crippen LogP contribution in [0, 0.1) is 0 Å². The topological polar surface area (TPSA) is 36.4 Å². The van der Waals surface area contributed by atoms with Crippen LogP contribution < -0.4 is 4.90 Å². The number of carbonyl (C=O) groups excluding carboxylic acids is 1. The number of rotatable bonds is 2. The van der Waals surface area contributed by atoms with Crippen LogP contribution in [0.25, 0.3) is 0 Å². The Morgan fingerprint density at radius 3 is 2.52 bits per heavy atom. The number of hydrogen-bond acceptors (Lipinski definition) is 3. The fraction of sp³-hybridized carbons (Fsp3) is 0.571. The Morgan fingerprint density at radius 1 is 1.38 bits per heavy atom. The van der Waals surface area contributed by atoms with Gasteiger partial charge in [0, 0.05) is 45.0 Å². The molecular weight excluding hydrogens is 283 g/mol. The first-order valence-corrected chi connectivity index (χ1v) is 6.80. The number of nitrogens with zero attached hydrogens (tertiary/aromatic N) is 3. The molecule has 1 aromatic rings. The standard InChI is InChI=1S/C14H18F3N3O/c1-10(21)19(2)11-4-7-20(8-5-11)12-3-6-18-13(9-12)14(15,16)17/h3,6,9,11H,4-5,7-8H2,1-2H3. The zero-order valence-corrected chi connectivity index (χ0v) is 12.0. The fourth-order valence-electron chi connectivity index (χ4n) is 2.54. The van der Waals surface area contributed by atoms with Crippen molar-refractivity contribution in [2.24, 2.45) is 0 Å². The van der Waals surface area contributed by atoms with Gasteiger partial charge < -0.3 is 9.80 Å². The second-order valence-electron chi connectivity index (χ2n) is 5.25. The number of anilines is 1. The number of amides is 1. The third kappa shape index (κ3) is 3.65. The molecule has 4 nitrogen and oxygen atoms in total. The van der Waals surface area contributed by atoms with E-state index >= 15 is 0 Å². The molecule has 1 aromatic heterocycles. The first-order valence-electron chi connectivity index (χ1n) is 6.80. The Kier molecular flexibility index (Phi) is 4.39.